The fraction of sp³-hybridized carbons (Fsp3) is 0.423. The molecular formula is C26H29N3O2. The SMILES string of the molecule is N#Cc1ccccc1-c1ccccc1C(=O)N1CCC(C(=O)N2CCCCCC2)CC1. The Bertz CT molecular complexity index is 978. The van der Waals surface area contributed by atoms with Gasteiger partial charge in [0.15, 0.2) is 0 Å². The second kappa shape index (κ2) is 9.78. The Balaban J connectivity index is 1.46. The number of nitrogens with zero attached hydrogens (tertiary/aromatic N) is 3. The van der Waals surface area contributed by atoms with Gasteiger partial charge in [0.2, 0.25) is 5.91 Å². The van der Waals surface area contributed by atoms with E-state index >= 15 is 0 Å². The first kappa shape index (κ1) is 21.1. The lowest BCUT2D eigenvalue weighted by atomic mass is 9.92. The average molecular weight is 416 g/mol. The lowest BCUT2D eigenvalue weighted by Gasteiger charge is -2.34. The van der Waals surface area contributed by atoms with Crippen LogP contribution in [0.15, 0.2) is 48.5 Å². The van der Waals surface area contributed by atoms with Crippen molar-refractivity contribution in [2.24, 2.45) is 5.92 Å². The second-order valence-electron chi connectivity index (χ2n) is 8.51. The lowest BCUT2D eigenvalue weighted by Crippen LogP contribution is -2.44. The average Bonchev–Trinajstić information content (AvgIpc) is 3.13. The van der Waals surface area contributed by atoms with Gasteiger partial charge in [-0.25, -0.2) is 0 Å². The van der Waals surface area contributed by atoms with Crippen LogP contribution in [0.5, 0.6) is 0 Å². The monoisotopic (exact) mass is 415 g/mol. The Morgan fingerprint density at radius 3 is 2.06 bits per heavy atom. The van der Waals surface area contributed by atoms with Crippen LogP contribution in [0.3, 0.4) is 0 Å². The predicted octanol–water partition coefficient (Wildman–Crippen LogP) is 4.48. The fourth-order valence-electron chi connectivity index (χ4n) is 4.77. The molecule has 2 aromatic carbocycles. The summed E-state index contributed by atoms with van der Waals surface area (Å²) in [5.41, 5.74) is 2.74. The van der Waals surface area contributed by atoms with Gasteiger partial charge < -0.3 is 9.80 Å². The van der Waals surface area contributed by atoms with Crippen LogP contribution in [-0.4, -0.2) is 47.8 Å². The van der Waals surface area contributed by atoms with Crippen LogP contribution in [0.1, 0.15) is 54.4 Å². The molecule has 5 heteroatoms. The quantitative estimate of drug-likeness (QED) is 0.742. The van der Waals surface area contributed by atoms with Crippen LogP contribution in [-0.2, 0) is 4.79 Å². The summed E-state index contributed by atoms with van der Waals surface area (Å²) in [4.78, 5) is 30.2. The van der Waals surface area contributed by atoms with Crippen molar-refractivity contribution in [1.82, 2.24) is 9.80 Å². The minimum Gasteiger partial charge on any atom is -0.342 e. The topological polar surface area (TPSA) is 64.4 Å². The van der Waals surface area contributed by atoms with E-state index in [0.717, 1.165) is 49.9 Å². The second-order valence-corrected chi connectivity index (χ2v) is 8.51. The molecule has 0 saturated carbocycles. The van der Waals surface area contributed by atoms with E-state index in [1.165, 1.54) is 12.8 Å². The van der Waals surface area contributed by atoms with Crippen molar-refractivity contribution >= 4 is 11.8 Å². The van der Waals surface area contributed by atoms with Gasteiger partial charge in [-0.3, -0.25) is 9.59 Å². The van der Waals surface area contributed by atoms with E-state index in [-0.39, 0.29) is 17.7 Å². The largest absolute Gasteiger partial charge is 0.342 e. The van der Waals surface area contributed by atoms with Gasteiger partial charge in [-0.05, 0) is 43.4 Å². The van der Waals surface area contributed by atoms with Gasteiger partial charge in [-0.15, -0.1) is 0 Å². The summed E-state index contributed by atoms with van der Waals surface area (Å²) in [6.07, 6.45) is 6.07. The number of carbonyl (C=O) groups excluding carboxylic acids is 2. The van der Waals surface area contributed by atoms with Gasteiger partial charge in [0.1, 0.15) is 0 Å². The highest BCUT2D eigenvalue weighted by molar-refractivity contribution is 6.01. The normalized spacial score (nSPS) is 17.6. The third-order valence-corrected chi connectivity index (χ3v) is 6.54. The summed E-state index contributed by atoms with van der Waals surface area (Å²) >= 11 is 0. The molecule has 0 atom stereocenters. The first-order chi connectivity index (χ1) is 15.2. The Kier molecular flexibility index (Phi) is 6.66. The van der Waals surface area contributed by atoms with Crippen LogP contribution >= 0.6 is 0 Å². The third kappa shape index (κ3) is 4.64. The molecule has 0 N–H and O–H groups in total. The van der Waals surface area contributed by atoms with Crippen LogP contribution in [0.2, 0.25) is 0 Å². The molecule has 2 saturated heterocycles. The van der Waals surface area contributed by atoms with Crippen LogP contribution in [0, 0.1) is 17.2 Å². The molecule has 0 spiro atoms. The highest BCUT2D eigenvalue weighted by atomic mass is 16.2. The molecule has 2 fully saturated rings. The van der Waals surface area contributed by atoms with Gasteiger partial charge in [0.05, 0.1) is 11.6 Å². The van der Waals surface area contributed by atoms with Crippen LogP contribution < -0.4 is 0 Å². The minimum atomic E-state index is -0.0241. The molecule has 2 aliphatic heterocycles. The molecule has 5 nitrogen and oxygen atoms in total. The summed E-state index contributed by atoms with van der Waals surface area (Å²) in [5, 5.41) is 9.48. The van der Waals surface area contributed by atoms with Gasteiger partial charge in [-0.1, -0.05) is 49.2 Å². The molecule has 0 aromatic heterocycles. The first-order valence-corrected chi connectivity index (χ1v) is 11.4. The van der Waals surface area contributed by atoms with E-state index in [1.54, 1.807) is 6.07 Å². The zero-order valence-corrected chi connectivity index (χ0v) is 17.9. The van der Waals surface area contributed by atoms with E-state index in [1.807, 2.05) is 52.3 Å². The molecule has 31 heavy (non-hydrogen) atoms. The number of likely N-dealkylation sites (tertiary alicyclic amines) is 2. The fourth-order valence-corrected chi connectivity index (χ4v) is 4.77. The van der Waals surface area contributed by atoms with Crippen molar-refractivity contribution in [3.05, 3.63) is 59.7 Å². The maximum atomic E-state index is 13.4. The molecule has 0 bridgehead atoms. The van der Waals surface area contributed by atoms with E-state index in [2.05, 4.69) is 6.07 Å². The molecular weight excluding hydrogens is 386 g/mol. The summed E-state index contributed by atoms with van der Waals surface area (Å²) in [6, 6.07) is 17.1. The van der Waals surface area contributed by atoms with Crippen molar-refractivity contribution in [2.45, 2.75) is 38.5 Å². The van der Waals surface area contributed by atoms with Gasteiger partial charge in [0.25, 0.3) is 5.91 Å². The summed E-state index contributed by atoms with van der Waals surface area (Å²) in [6.45, 7) is 2.95. The maximum Gasteiger partial charge on any atom is 0.254 e. The summed E-state index contributed by atoms with van der Waals surface area (Å²) < 4.78 is 0. The lowest BCUT2D eigenvalue weighted by molar-refractivity contribution is -0.136. The smallest absolute Gasteiger partial charge is 0.254 e. The Labute approximate surface area is 184 Å². The van der Waals surface area contributed by atoms with E-state index in [4.69, 9.17) is 0 Å². The van der Waals surface area contributed by atoms with Gasteiger partial charge >= 0.3 is 0 Å². The first-order valence-electron chi connectivity index (χ1n) is 11.4. The number of hydrogen-bond donors (Lipinski definition) is 0. The zero-order valence-electron chi connectivity index (χ0n) is 17.9. The molecule has 4 rings (SSSR count). The number of benzene rings is 2. The maximum absolute atomic E-state index is 13.4. The van der Waals surface area contributed by atoms with Crippen molar-refractivity contribution < 1.29 is 9.59 Å². The van der Waals surface area contributed by atoms with Gasteiger partial charge in [-0.2, -0.15) is 5.26 Å². The number of carbonyl (C=O) groups is 2. The molecule has 0 unspecified atom stereocenters. The minimum absolute atomic E-state index is 0.0241. The molecule has 0 radical (unpaired) electrons. The summed E-state index contributed by atoms with van der Waals surface area (Å²) in [7, 11) is 0. The Morgan fingerprint density at radius 2 is 1.39 bits per heavy atom. The van der Waals surface area contributed by atoms with Gasteiger partial charge in [0, 0.05) is 43.2 Å². The van der Waals surface area contributed by atoms with E-state index in [0.29, 0.717) is 24.2 Å². The number of rotatable bonds is 3. The number of hydrogen-bond acceptors (Lipinski definition) is 3. The molecule has 2 heterocycles. The van der Waals surface area contributed by atoms with Crippen molar-refractivity contribution in [3.8, 4) is 17.2 Å². The number of amides is 2. The van der Waals surface area contributed by atoms with Crippen LogP contribution in [0.4, 0.5) is 0 Å². The van der Waals surface area contributed by atoms with Crippen molar-refractivity contribution in [3.63, 3.8) is 0 Å². The third-order valence-electron chi connectivity index (χ3n) is 6.54. The zero-order chi connectivity index (χ0) is 21.6. The van der Waals surface area contributed by atoms with E-state index in [9.17, 15) is 14.9 Å². The van der Waals surface area contributed by atoms with Crippen molar-refractivity contribution in [2.75, 3.05) is 26.2 Å². The number of nitriles is 1. The standard InChI is InChI=1S/C26H29N3O2/c27-19-21-9-3-4-10-22(21)23-11-5-6-12-24(23)26(31)29-17-13-20(14-18-29)25(30)28-15-7-1-2-8-16-28/h3-6,9-12,20H,1-2,7-8,13-18H2. The van der Waals surface area contributed by atoms with Crippen LogP contribution in [0.25, 0.3) is 11.1 Å². The molecule has 2 aromatic rings. The Hall–Kier alpha value is -3.13. The molecule has 2 aliphatic rings. The molecule has 0 aliphatic carbocycles. The predicted molar refractivity (Wildman–Crippen MR) is 120 cm³/mol. The highest BCUT2D eigenvalue weighted by Crippen LogP contribution is 2.29. The van der Waals surface area contributed by atoms with E-state index < -0.39 is 0 Å². The molecule has 160 valence electrons. The number of piperidine rings is 1. The summed E-state index contributed by atoms with van der Waals surface area (Å²) in [5.74, 6) is 0.276. The highest BCUT2D eigenvalue weighted by Gasteiger charge is 2.31. The van der Waals surface area contributed by atoms with Crippen molar-refractivity contribution in [1.29, 1.82) is 5.26 Å². The molecule has 2 amide bonds. The Morgan fingerprint density at radius 1 is 0.774 bits per heavy atom.